The lowest BCUT2D eigenvalue weighted by Gasteiger charge is -2.34. The minimum atomic E-state index is -0.111. The van der Waals surface area contributed by atoms with Gasteiger partial charge in [0.05, 0.1) is 13.2 Å². The van der Waals surface area contributed by atoms with Crippen LogP contribution in [0.2, 0.25) is 0 Å². The first-order valence-corrected chi connectivity index (χ1v) is 10.4. The van der Waals surface area contributed by atoms with E-state index in [4.69, 9.17) is 9.47 Å². The topological polar surface area (TPSA) is 84.0 Å². The van der Waals surface area contributed by atoms with Crippen molar-refractivity contribution in [3.63, 3.8) is 0 Å². The van der Waals surface area contributed by atoms with E-state index in [9.17, 15) is 9.59 Å². The Hall–Kier alpha value is -2.97. The number of ether oxygens (including phenoxy) is 2. The molecule has 31 heavy (non-hydrogen) atoms. The molecule has 8 heteroatoms. The summed E-state index contributed by atoms with van der Waals surface area (Å²) in [7, 11) is 1.59. The molecule has 1 aliphatic rings. The first-order chi connectivity index (χ1) is 15.0. The number of para-hydroxylation sites is 1. The zero-order chi connectivity index (χ0) is 22.2. The summed E-state index contributed by atoms with van der Waals surface area (Å²) in [5, 5.41) is 3.02. The van der Waals surface area contributed by atoms with Crippen LogP contribution in [0.1, 0.15) is 21.5 Å². The number of hydrogen-bond acceptors (Lipinski definition) is 6. The molecule has 1 fully saturated rings. The van der Waals surface area contributed by atoms with Gasteiger partial charge in [-0.2, -0.15) is 0 Å². The van der Waals surface area contributed by atoms with Gasteiger partial charge in [0.15, 0.2) is 0 Å². The smallest absolute Gasteiger partial charge is 0.259 e. The lowest BCUT2D eigenvalue weighted by Crippen LogP contribution is -2.50. The van der Waals surface area contributed by atoms with E-state index in [1.54, 1.807) is 30.3 Å². The molecule has 1 saturated heterocycles. The van der Waals surface area contributed by atoms with Crippen molar-refractivity contribution in [1.29, 1.82) is 0 Å². The molecule has 0 saturated carbocycles. The molecule has 166 valence electrons. The van der Waals surface area contributed by atoms with Gasteiger partial charge in [-0.15, -0.1) is 0 Å². The highest BCUT2D eigenvalue weighted by Gasteiger charge is 2.25. The molecule has 0 radical (unpaired) electrons. The summed E-state index contributed by atoms with van der Waals surface area (Å²) in [5.41, 5.74) is 3.41. The van der Waals surface area contributed by atoms with E-state index in [1.165, 1.54) is 0 Å². The maximum absolute atomic E-state index is 13.0. The largest absolute Gasteiger partial charge is 0.475 e. The number of methoxy groups -OCH3 is 1. The van der Waals surface area contributed by atoms with Crippen molar-refractivity contribution < 1.29 is 19.1 Å². The summed E-state index contributed by atoms with van der Waals surface area (Å²) in [4.78, 5) is 33.5. The number of aryl methyl sites for hydroxylation is 2. The van der Waals surface area contributed by atoms with Crippen molar-refractivity contribution >= 4 is 17.5 Å². The molecule has 0 unspecified atom stereocenters. The summed E-state index contributed by atoms with van der Waals surface area (Å²) >= 11 is 0. The molecule has 2 heterocycles. The highest BCUT2D eigenvalue weighted by Crippen LogP contribution is 2.20. The second-order valence-electron chi connectivity index (χ2n) is 7.58. The van der Waals surface area contributed by atoms with Crippen molar-refractivity contribution in [2.24, 2.45) is 0 Å². The number of anilines is 1. The average molecular weight is 427 g/mol. The quantitative estimate of drug-likeness (QED) is 0.651. The maximum Gasteiger partial charge on any atom is 0.259 e. The Bertz CT molecular complexity index is 890. The minimum absolute atomic E-state index is 0.0433. The lowest BCUT2D eigenvalue weighted by molar-refractivity contribution is -0.117. The molecular weight excluding hydrogens is 396 g/mol. The third kappa shape index (κ3) is 6.02. The van der Waals surface area contributed by atoms with E-state index in [0.29, 0.717) is 57.4 Å². The maximum atomic E-state index is 13.0. The predicted molar refractivity (Wildman–Crippen MR) is 118 cm³/mol. The van der Waals surface area contributed by atoms with Crippen LogP contribution in [-0.2, 0) is 9.53 Å². The number of nitrogens with one attached hydrogen (secondary N) is 1. The second-order valence-corrected chi connectivity index (χ2v) is 7.58. The van der Waals surface area contributed by atoms with E-state index >= 15 is 0 Å². The van der Waals surface area contributed by atoms with Crippen molar-refractivity contribution in [2.75, 3.05) is 58.4 Å². The van der Waals surface area contributed by atoms with Crippen molar-refractivity contribution in [2.45, 2.75) is 13.8 Å². The fourth-order valence-electron chi connectivity index (χ4n) is 3.56. The van der Waals surface area contributed by atoms with Crippen molar-refractivity contribution in [1.82, 2.24) is 14.8 Å². The number of carbonyl (C=O) groups is 2. The highest BCUT2D eigenvalue weighted by atomic mass is 16.5. The molecule has 0 atom stereocenters. The Morgan fingerprint density at radius 1 is 1.03 bits per heavy atom. The van der Waals surface area contributed by atoms with E-state index in [1.807, 2.05) is 32.0 Å². The van der Waals surface area contributed by atoms with Crippen LogP contribution in [0, 0.1) is 13.8 Å². The third-order valence-electron chi connectivity index (χ3n) is 5.30. The molecule has 3 rings (SSSR count). The monoisotopic (exact) mass is 426 g/mol. The zero-order valence-electron chi connectivity index (χ0n) is 18.4. The first-order valence-electron chi connectivity index (χ1n) is 10.4. The number of amides is 2. The molecule has 0 bridgehead atoms. The number of rotatable bonds is 8. The van der Waals surface area contributed by atoms with Crippen molar-refractivity contribution in [3.05, 3.63) is 53.2 Å². The molecular formula is C23H30N4O4. The standard InChI is InChI=1S/C23H30N4O4/c1-17-6-4-7-18(2)21(17)25-20(28)16-26-10-12-27(13-11-26)23(29)19-8-5-9-24-22(19)31-15-14-30-3/h4-9H,10-16H2,1-3H3,(H,25,28). The van der Waals surface area contributed by atoms with Crippen LogP contribution >= 0.6 is 0 Å². The Morgan fingerprint density at radius 2 is 1.74 bits per heavy atom. The second kappa shape index (κ2) is 10.9. The molecule has 1 aliphatic heterocycles. The van der Waals surface area contributed by atoms with Crippen molar-refractivity contribution in [3.8, 4) is 5.88 Å². The Balaban J connectivity index is 1.53. The summed E-state index contributed by atoms with van der Waals surface area (Å²) in [6, 6.07) is 9.40. The number of pyridine rings is 1. The minimum Gasteiger partial charge on any atom is -0.475 e. The van der Waals surface area contributed by atoms with Gasteiger partial charge in [0.1, 0.15) is 12.2 Å². The summed E-state index contributed by atoms with van der Waals surface area (Å²) in [5.74, 6) is 0.165. The average Bonchev–Trinajstić information content (AvgIpc) is 2.77. The van der Waals surface area contributed by atoms with Gasteiger partial charge >= 0.3 is 0 Å². The zero-order valence-corrected chi connectivity index (χ0v) is 18.4. The van der Waals surface area contributed by atoms with Crippen LogP contribution in [0.25, 0.3) is 0 Å². The van der Waals surface area contributed by atoms with Gasteiger partial charge in [-0.05, 0) is 37.1 Å². The predicted octanol–water partition coefficient (Wildman–Crippen LogP) is 2.12. The molecule has 2 aromatic rings. The summed E-state index contributed by atoms with van der Waals surface area (Å²) < 4.78 is 10.6. The van der Waals surface area contributed by atoms with Gasteiger partial charge < -0.3 is 19.7 Å². The molecule has 2 amide bonds. The van der Waals surface area contributed by atoms with Crippen LogP contribution in [0.15, 0.2) is 36.5 Å². The van der Waals surface area contributed by atoms with Crippen LogP contribution in [0.3, 0.4) is 0 Å². The van der Waals surface area contributed by atoms with E-state index in [2.05, 4.69) is 15.2 Å². The van der Waals surface area contributed by atoms with Gasteiger partial charge in [-0.25, -0.2) is 4.98 Å². The normalized spacial score (nSPS) is 14.4. The Kier molecular flexibility index (Phi) is 7.97. The van der Waals surface area contributed by atoms with Crippen LogP contribution in [0.5, 0.6) is 5.88 Å². The SMILES string of the molecule is COCCOc1ncccc1C(=O)N1CCN(CC(=O)Nc2c(C)cccc2C)CC1. The Morgan fingerprint density at radius 3 is 2.42 bits per heavy atom. The fourth-order valence-corrected chi connectivity index (χ4v) is 3.56. The van der Waals surface area contributed by atoms with Crippen LogP contribution in [0.4, 0.5) is 5.69 Å². The molecule has 0 spiro atoms. The number of carbonyl (C=O) groups excluding carboxylic acids is 2. The fraction of sp³-hybridized carbons (Fsp3) is 0.435. The van der Waals surface area contributed by atoms with Gasteiger partial charge in [-0.1, -0.05) is 18.2 Å². The van der Waals surface area contributed by atoms with Gasteiger partial charge in [-0.3, -0.25) is 14.5 Å². The number of aromatic nitrogens is 1. The van der Waals surface area contributed by atoms with E-state index in [0.717, 1.165) is 16.8 Å². The highest BCUT2D eigenvalue weighted by molar-refractivity contribution is 5.96. The molecule has 1 aromatic heterocycles. The number of hydrogen-bond donors (Lipinski definition) is 1. The van der Waals surface area contributed by atoms with Gasteiger partial charge in [0.2, 0.25) is 11.8 Å². The molecule has 1 aromatic carbocycles. The number of benzene rings is 1. The lowest BCUT2D eigenvalue weighted by atomic mass is 10.1. The number of nitrogens with zero attached hydrogens (tertiary/aromatic N) is 3. The number of piperazine rings is 1. The molecule has 1 N–H and O–H groups in total. The Labute approximate surface area is 183 Å². The third-order valence-corrected chi connectivity index (χ3v) is 5.30. The van der Waals surface area contributed by atoms with Gasteiger partial charge in [0, 0.05) is 45.2 Å². The van der Waals surface area contributed by atoms with E-state index < -0.39 is 0 Å². The summed E-state index contributed by atoms with van der Waals surface area (Å²) in [6.07, 6.45) is 1.60. The van der Waals surface area contributed by atoms with Gasteiger partial charge in [0.25, 0.3) is 5.91 Å². The van der Waals surface area contributed by atoms with Crippen LogP contribution in [-0.4, -0.2) is 79.6 Å². The molecule has 0 aliphatic carbocycles. The molecule has 8 nitrogen and oxygen atoms in total. The summed E-state index contributed by atoms with van der Waals surface area (Å²) in [6.45, 7) is 7.37. The van der Waals surface area contributed by atoms with E-state index in [-0.39, 0.29) is 11.8 Å². The van der Waals surface area contributed by atoms with Crippen LogP contribution < -0.4 is 10.1 Å². The first kappa shape index (κ1) is 22.7.